The second-order valence-electron chi connectivity index (χ2n) is 9.51. The van der Waals surface area contributed by atoms with Crippen molar-refractivity contribution in [3.8, 4) is 0 Å². The highest BCUT2D eigenvalue weighted by atomic mass is 28.4. The van der Waals surface area contributed by atoms with E-state index in [1.54, 1.807) is 5.57 Å². The molecule has 2 rings (SSSR count). The highest BCUT2D eigenvalue weighted by molar-refractivity contribution is 6.97. The zero-order valence-corrected chi connectivity index (χ0v) is 18.7. The van der Waals surface area contributed by atoms with Gasteiger partial charge in [-0.05, 0) is 23.6 Å². The van der Waals surface area contributed by atoms with Crippen LogP contribution in [0.1, 0.15) is 18.4 Å². The second-order valence-corrected chi connectivity index (χ2v) is 20.7. The van der Waals surface area contributed by atoms with Crippen molar-refractivity contribution in [1.29, 1.82) is 0 Å². The number of aldehydes is 1. The van der Waals surface area contributed by atoms with Gasteiger partial charge in [0.05, 0.1) is 12.7 Å². The molecule has 138 valence electrons. The molecule has 2 atom stereocenters. The molecule has 0 spiro atoms. The van der Waals surface area contributed by atoms with E-state index in [9.17, 15) is 4.79 Å². The monoisotopic (exact) mass is 374 g/mol. The molecular formula is C21H34O2Si2. The molecule has 0 aromatic heterocycles. The molecule has 1 aliphatic carbocycles. The van der Waals surface area contributed by atoms with Gasteiger partial charge >= 0.3 is 0 Å². The summed E-state index contributed by atoms with van der Waals surface area (Å²) in [6.45, 7) is 15.5. The van der Waals surface area contributed by atoms with Crippen molar-refractivity contribution in [2.75, 3.05) is 0 Å². The minimum absolute atomic E-state index is 0.00335. The van der Waals surface area contributed by atoms with Crippen LogP contribution in [0.2, 0.25) is 44.4 Å². The third-order valence-corrected chi connectivity index (χ3v) is 14.5. The minimum atomic E-state index is -1.31. The topological polar surface area (TPSA) is 26.3 Å². The van der Waals surface area contributed by atoms with Crippen LogP contribution in [0.3, 0.4) is 0 Å². The molecule has 4 heteroatoms. The average Bonchev–Trinajstić information content (AvgIpc) is 2.51. The van der Waals surface area contributed by atoms with Gasteiger partial charge in [-0.1, -0.05) is 81.3 Å². The van der Waals surface area contributed by atoms with Crippen molar-refractivity contribution < 1.29 is 9.53 Å². The number of benzene rings is 1. The Bertz CT molecular complexity index is 583. The summed E-state index contributed by atoms with van der Waals surface area (Å²) in [7, 11) is -2.62. The summed E-state index contributed by atoms with van der Waals surface area (Å²) < 4.78 is 6.20. The van der Waals surface area contributed by atoms with E-state index in [0.717, 1.165) is 24.3 Å². The summed E-state index contributed by atoms with van der Waals surface area (Å²) in [5, 5.41) is 0.746. The van der Waals surface area contributed by atoms with Crippen molar-refractivity contribution in [3.63, 3.8) is 0 Å². The highest BCUT2D eigenvalue weighted by Gasteiger charge is 2.41. The highest BCUT2D eigenvalue weighted by Crippen LogP contribution is 2.43. The first-order valence-electron chi connectivity index (χ1n) is 9.44. The summed E-state index contributed by atoms with van der Waals surface area (Å²) in [6, 6.07) is 10.2. The van der Waals surface area contributed by atoms with Crippen LogP contribution in [0.15, 0.2) is 42.0 Å². The number of carbonyl (C=O) groups is 1. The average molecular weight is 375 g/mol. The Morgan fingerprint density at radius 2 is 1.68 bits per heavy atom. The summed E-state index contributed by atoms with van der Waals surface area (Å²) in [4.78, 5) is 11.6. The lowest BCUT2D eigenvalue weighted by atomic mass is 9.88. The van der Waals surface area contributed by atoms with Crippen LogP contribution in [0.5, 0.6) is 0 Å². The molecule has 25 heavy (non-hydrogen) atoms. The smallest absolute Gasteiger partial charge is 0.126 e. The largest absolute Gasteiger partial charge is 0.369 e. The van der Waals surface area contributed by atoms with E-state index in [0.29, 0.717) is 6.61 Å². The van der Waals surface area contributed by atoms with Crippen LogP contribution in [0.25, 0.3) is 0 Å². The van der Waals surface area contributed by atoms with Gasteiger partial charge in [0.25, 0.3) is 0 Å². The normalized spacial score (nSPS) is 22.0. The second kappa shape index (κ2) is 8.15. The van der Waals surface area contributed by atoms with Crippen LogP contribution in [0.4, 0.5) is 0 Å². The lowest BCUT2D eigenvalue weighted by molar-refractivity contribution is -0.115. The molecular weight excluding hydrogens is 340 g/mol. The van der Waals surface area contributed by atoms with Crippen LogP contribution in [0, 0.1) is 5.92 Å². The summed E-state index contributed by atoms with van der Waals surface area (Å²) in [5.41, 5.74) is 2.74. The number of ether oxygens (including phenoxy) is 1. The molecule has 0 fully saturated rings. The fourth-order valence-corrected chi connectivity index (χ4v) is 17.7. The molecule has 2 nitrogen and oxygen atoms in total. The maximum atomic E-state index is 11.6. The number of allylic oxidation sites excluding steroid dienone is 1. The van der Waals surface area contributed by atoms with E-state index in [4.69, 9.17) is 4.74 Å². The number of rotatable bonds is 7. The Balaban J connectivity index is 2.23. The summed E-state index contributed by atoms with van der Waals surface area (Å²) in [6.07, 6.45) is 5.35. The molecule has 0 heterocycles. The van der Waals surface area contributed by atoms with Gasteiger partial charge in [-0.25, -0.2) is 0 Å². The Morgan fingerprint density at radius 1 is 1.08 bits per heavy atom. The zero-order chi connectivity index (χ0) is 18.7. The molecule has 1 aliphatic rings. The van der Waals surface area contributed by atoms with Crippen LogP contribution in [-0.2, 0) is 16.1 Å². The Morgan fingerprint density at radius 3 is 2.20 bits per heavy atom. The Hall–Kier alpha value is -0.976. The van der Waals surface area contributed by atoms with Gasteiger partial charge in [-0.2, -0.15) is 0 Å². The molecule has 0 amide bonds. The Kier molecular flexibility index (Phi) is 6.63. The van der Waals surface area contributed by atoms with Gasteiger partial charge in [-0.15, -0.1) is 0 Å². The van der Waals surface area contributed by atoms with Crippen LogP contribution < -0.4 is 0 Å². The molecule has 0 bridgehead atoms. The number of hydrogen-bond donors (Lipinski definition) is 0. The van der Waals surface area contributed by atoms with Crippen molar-refractivity contribution in [3.05, 3.63) is 47.5 Å². The molecule has 0 unspecified atom stereocenters. The van der Waals surface area contributed by atoms with Gasteiger partial charge in [0.1, 0.15) is 6.29 Å². The summed E-state index contributed by atoms with van der Waals surface area (Å²) in [5.74, 6) is -0.00335. The first kappa shape index (κ1) is 20.3. The van der Waals surface area contributed by atoms with Crippen molar-refractivity contribution >= 4 is 22.4 Å². The van der Waals surface area contributed by atoms with Gasteiger partial charge in [-0.3, -0.25) is 0 Å². The SMILES string of the molecule is C[Si](C)(C)C(C1=C[C@@H](OCc2ccccc2)[C@H](C=O)CC1)[Si](C)(C)C. The zero-order valence-electron chi connectivity index (χ0n) is 16.7. The van der Waals surface area contributed by atoms with E-state index < -0.39 is 16.1 Å². The fraction of sp³-hybridized carbons (Fsp3) is 0.571. The molecule has 0 saturated heterocycles. The number of carbonyl (C=O) groups excluding carboxylic acids is 1. The quantitative estimate of drug-likeness (QED) is 0.348. The van der Waals surface area contributed by atoms with Crippen molar-refractivity contribution in [1.82, 2.24) is 0 Å². The van der Waals surface area contributed by atoms with Crippen LogP contribution >= 0.6 is 0 Å². The predicted molar refractivity (Wildman–Crippen MR) is 112 cm³/mol. The van der Waals surface area contributed by atoms with Crippen molar-refractivity contribution in [2.45, 2.75) is 70.0 Å². The third-order valence-electron chi connectivity index (χ3n) is 5.13. The van der Waals surface area contributed by atoms with Gasteiger partial charge < -0.3 is 9.53 Å². The van der Waals surface area contributed by atoms with E-state index in [1.807, 2.05) is 18.2 Å². The standard InChI is InChI=1S/C21H34O2Si2/c1-24(2,3)21(25(4,5)6)18-12-13-19(15-22)20(14-18)23-16-17-10-8-7-9-11-17/h7-11,14-15,19-21H,12-13,16H2,1-6H3/t19-,20+/m0/s1. The maximum absolute atomic E-state index is 11.6. The molecule has 1 aromatic carbocycles. The number of hydrogen-bond acceptors (Lipinski definition) is 2. The van der Waals surface area contributed by atoms with E-state index in [2.05, 4.69) is 57.5 Å². The van der Waals surface area contributed by atoms with Gasteiger partial charge in [0.15, 0.2) is 0 Å². The van der Waals surface area contributed by atoms with E-state index >= 15 is 0 Å². The third kappa shape index (κ3) is 5.50. The predicted octanol–water partition coefficient (Wildman–Crippen LogP) is 5.69. The lowest BCUT2D eigenvalue weighted by Gasteiger charge is -2.42. The molecule has 0 aliphatic heterocycles. The molecule has 0 radical (unpaired) electrons. The van der Waals surface area contributed by atoms with Gasteiger partial charge in [0, 0.05) is 22.1 Å². The molecule has 0 N–H and O–H groups in total. The lowest BCUT2D eigenvalue weighted by Crippen LogP contribution is -2.46. The molecule has 0 saturated carbocycles. The first-order valence-corrected chi connectivity index (χ1v) is 16.6. The van der Waals surface area contributed by atoms with Crippen molar-refractivity contribution in [2.24, 2.45) is 5.92 Å². The van der Waals surface area contributed by atoms with E-state index in [-0.39, 0.29) is 12.0 Å². The molecule has 1 aromatic rings. The summed E-state index contributed by atoms with van der Waals surface area (Å²) >= 11 is 0. The minimum Gasteiger partial charge on any atom is -0.369 e. The van der Waals surface area contributed by atoms with Gasteiger partial charge in [0.2, 0.25) is 0 Å². The van der Waals surface area contributed by atoms with E-state index in [1.165, 1.54) is 5.56 Å². The Labute approximate surface area is 155 Å². The first-order chi connectivity index (χ1) is 11.6. The van der Waals surface area contributed by atoms with Crippen LogP contribution in [-0.4, -0.2) is 28.5 Å². The maximum Gasteiger partial charge on any atom is 0.126 e. The fourth-order valence-electron chi connectivity index (χ4n) is 4.65.